The molecule has 0 aliphatic carbocycles. The topological polar surface area (TPSA) is 50.4 Å². The van der Waals surface area contributed by atoms with Crippen LogP contribution in [0.4, 0.5) is 14.9 Å². The van der Waals surface area contributed by atoms with Gasteiger partial charge in [-0.2, -0.15) is 0 Å². The Morgan fingerprint density at radius 3 is 2.60 bits per heavy atom. The van der Waals surface area contributed by atoms with Gasteiger partial charge in [0.2, 0.25) is 0 Å². The number of aryl methyl sites for hydroxylation is 1. The van der Waals surface area contributed by atoms with Gasteiger partial charge in [-0.05, 0) is 61.3 Å². The fourth-order valence-electron chi connectivity index (χ4n) is 1.51. The summed E-state index contributed by atoms with van der Waals surface area (Å²) in [5.74, 6) is -0.292. The van der Waals surface area contributed by atoms with Crippen LogP contribution in [0.2, 0.25) is 0 Å². The quantitative estimate of drug-likeness (QED) is 0.814. The molecule has 0 bridgehead atoms. The molecule has 20 heavy (non-hydrogen) atoms. The Bertz CT molecular complexity index is 487. The number of hydrogen-bond donors (Lipinski definition) is 2. The highest BCUT2D eigenvalue weighted by molar-refractivity contribution is 9.10. The summed E-state index contributed by atoms with van der Waals surface area (Å²) in [6.07, 6.45) is -0.448. The van der Waals surface area contributed by atoms with E-state index in [0.717, 1.165) is 11.3 Å². The third-order valence-corrected chi connectivity index (χ3v) is 2.98. The molecular formula is C14H20BrFN2O2. The molecule has 0 saturated heterocycles. The van der Waals surface area contributed by atoms with E-state index < -0.39 is 11.7 Å². The number of nitrogens with one attached hydrogen (secondary N) is 2. The maximum Gasteiger partial charge on any atom is 0.407 e. The molecule has 0 aliphatic rings. The fourth-order valence-corrected chi connectivity index (χ4v) is 1.86. The highest BCUT2D eigenvalue weighted by Crippen LogP contribution is 2.23. The molecule has 0 saturated carbocycles. The second-order valence-electron chi connectivity index (χ2n) is 5.44. The van der Waals surface area contributed by atoms with Crippen molar-refractivity contribution in [3.8, 4) is 0 Å². The zero-order valence-electron chi connectivity index (χ0n) is 12.1. The van der Waals surface area contributed by atoms with Gasteiger partial charge in [-0.3, -0.25) is 0 Å². The van der Waals surface area contributed by atoms with E-state index in [-0.39, 0.29) is 5.82 Å². The summed E-state index contributed by atoms with van der Waals surface area (Å²) >= 11 is 3.14. The van der Waals surface area contributed by atoms with Crippen LogP contribution in [0.15, 0.2) is 16.6 Å². The summed E-state index contributed by atoms with van der Waals surface area (Å²) in [6, 6.07) is 3.13. The Morgan fingerprint density at radius 2 is 2.00 bits per heavy atom. The Balaban J connectivity index is 2.38. The Hall–Kier alpha value is -1.30. The fraction of sp³-hybridized carbons (Fsp3) is 0.500. The highest BCUT2D eigenvalue weighted by Gasteiger charge is 2.15. The van der Waals surface area contributed by atoms with E-state index in [9.17, 15) is 9.18 Å². The van der Waals surface area contributed by atoms with Crippen LogP contribution in [0.3, 0.4) is 0 Å². The first-order chi connectivity index (χ1) is 9.19. The van der Waals surface area contributed by atoms with E-state index in [1.54, 1.807) is 6.07 Å². The molecule has 1 aromatic carbocycles. The average Bonchev–Trinajstić information content (AvgIpc) is 2.28. The second-order valence-corrected chi connectivity index (χ2v) is 6.29. The van der Waals surface area contributed by atoms with Crippen molar-refractivity contribution >= 4 is 27.7 Å². The lowest BCUT2D eigenvalue weighted by atomic mass is 10.2. The first-order valence-corrected chi connectivity index (χ1v) is 7.15. The SMILES string of the molecule is Cc1cc(F)c(Br)cc1NCCNC(=O)OC(C)(C)C. The van der Waals surface area contributed by atoms with Gasteiger partial charge >= 0.3 is 6.09 Å². The third-order valence-electron chi connectivity index (χ3n) is 2.38. The molecule has 0 atom stereocenters. The highest BCUT2D eigenvalue weighted by atomic mass is 79.9. The van der Waals surface area contributed by atoms with Gasteiger partial charge in [0.1, 0.15) is 11.4 Å². The number of carbonyl (C=O) groups excluding carboxylic acids is 1. The largest absolute Gasteiger partial charge is 0.444 e. The molecule has 2 N–H and O–H groups in total. The number of carbonyl (C=O) groups is 1. The molecule has 1 aromatic rings. The Kier molecular flexibility index (Phi) is 5.80. The van der Waals surface area contributed by atoms with Crippen molar-refractivity contribution in [3.63, 3.8) is 0 Å². The summed E-state index contributed by atoms with van der Waals surface area (Å²) < 4.78 is 18.8. The monoisotopic (exact) mass is 346 g/mol. The number of amides is 1. The minimum absolute atomic E-state index is 0.292. The maximum atomic E-state index is 13.3. The summed E-state index contributed by atoms with van der Waals surface area (Å²) in [5.41, 5.74) is 1.13. The van der Waals surface area contributed by atoms with Crippen LogP contribution in [-0.4, -0.2) is 24.8 Å². The van der Waals surface area contributed by atoms with Crippen LogP contribution in [-0.2, 0) is 4.74 Å². The lowest BCUT2D eigenvalue weighted by molar-refractivity contribution is 0.0530. The predicted molar refractivity (Wildman–Crippen MR) is 81.6 cm³/mol. The minimum atomic E-state index is -0.504. The van der Waals surface area contributed by atoms with E-state index in [2.05, 4.69) is 26.6 Å². The predicted octanol–water partition coefficient (Wildman–Crippen LogP) is 3.83. The van der Waals surface area contributed by atoms with Crippen molar-refractivity contribution in [2.75, 3.05) is 18.4 Å². The standard InChI is InChI=1S/C14H20BrFN2O2/c1-9-7-11(16)10(15)8-12(9)17-5-6-18-13(19)20-14(2,3)4/h7-8,17H,5-6H2,1-4H3,(H,18,19). The molecule has 0 aliphatic heterocycles. The lowest BCUT2D eigenvalue weighted by Crippen LogP contribution is -2.35. The second kappa shape index (κ2) is 6.92. The number of alkyl carbamates (subject to hydrolysis) is 1. The number of hydrogen-bond acceptors (Lipinski definition) is 3. The van der Waals surface area contributed by atoms with E-state index >= 15 is 0 Å². The van der Waals surface area contributed by atoms with Gasteiger partial charge < -0.3 is 15.4 Å². The van der Waals surface area contributed by atoms with Gasteiger partial charge in [0.25, 0.3) is 0 Å². The van der Waals surface area contributed by atoms with Crippen LogP contribution in [0.5, 0.6) is 0 Å². The summed E-state index contributed by atoms with van der Waals surface area (Å²) in [4.78, 5) is 11.4. The van der Waals surface area contributed by atoms with Crippen molar-refractivity contribution in [3.05, 3.63) is 28.0 Å². The van der Waals surface area contributed by atoms with E-state index in [1.807, 2.05) is 27.7 Å². The lowest BCUT2D eigenvalue weighted by Gasteiger charge is -2.19. The van der Waals surface area contributed by atoms with Gasteiger partial charge in [0.05, 0.1) is 4.47 Å². The molecule has 1 amide bonds. The Morgan fingerprint density at radius 1 is 1.35 bits per heavy atom. The molecule has 0 spiro atoms. The van der Waals surface area contributed by atoms with Crippen molar-refractivity contribution in [2.24, 2.45) is 0 Å². The van der Waals surface area contributed by atoms with Crippen LogP contribution in [0, 0.1) is 12.7 Å². The van der Waals surface area contributed by atoms with Gasteiger partial charge in [0, 0.05) is 18.8 Å². The molecule has 112 valence electrons. The van der Waals surface area contributed by atoms with E-state index in [0.29, 0.717) is 17.6 Å². The Labute approximate surface area is 127 Å². The summed E-state index contributed by atoms with van der Waals surface area (Å²) in [5, 5.41) is 5.78. The van der Waals surface area contributed by atoms with Crippen molar-refractivity contribution in [2.45, 2.75) is 33.3 Å². The third kappa shape index (κ3) is 5.77. The number of benzene rings is 1. The molecule has 1 rings (SSSR count). The molecule has 0 fully saturated rings. The van der Waals surface area contributed by atoms with Crippen LogP contribution in [0.1, 0.15) is 26.3 Å². The summed E-state index contributed by atoms with van der Waals surface area (Å²) in [6.45, 7) is 8.19. The first kappa shape index (κ1) is 16.8. The smallest absolute Gasteiger partial charge is 0.407 e. The first-order valence-electron chi connectivity index (χ1n) is 6.35. The number of rotatable bonds is 4. The number of halogens is 2. The van der Waals surface area contributed by atoms with Crippen LogP contribution >= 0.6 is 15.9 Å². The van der Waals surface area contributed by atoms with Gasteiger partial charge in [-0.1, -0.05) is 0 Å². The van der Waals surface area contributed by atoms with Crippen molar-refractivity contribution < 1.29 is 13.9 Å². The zero-order chi connectivity index (χ0) is 15.3. The number of ether oxygens (including phenoxy) is 1. The molecule has 6 heteroatoms. The molecule has 0 radical (unpaired) electrons. The van der Waals surface area contributed by atoms with E-state index in [1.165, 1.54) is 6.07 Å². The number of anilines is 1. The normalized spacial score (nSPS) is 11.1. The molecule has 4 nitrogen and oxygen atoms in total. The van der Waals surface area contributed by atoms with Crippen LogP contribution in [0.25, 0.3) is 0 Å². The van der Waals surface area contributed by atoms with Crippen molar-refractivity contribution in [1.29, 1.82) is 0 Å². The van der Waals surface area contributed by atoms with Gasteiger partial charge in [-0.25, -0.2) is 9.18 Å². The maximum absolute atomic E-state index is 13.3. The molecule has 0 aromatic heterocycles. The zero-order valence-corrected chi connectivity index (χ0v) is 13.7. The molecule has 0 heterocycles. The van der Waals surface area contributed by atoms with Gasteiger partial charge in [-0.15, -0.1) is 0 Å². The average molecular weight is 347 g/mol. The summed E-state index contributed by atoms with van der Waals surface area (Å²) in [7, 11) is 0. The van der Waals surface area contributed by atoms with E-state index in [4.69, 9.17) is 4.74 Å². The van der Waals surface area contributed by atoms with Gasteiger partial charge in [0.15, 0.2) is 0 Å². The molecular weight excluding hydrogens is 327 g/mol. The van der Waals surface area contributed by atoms with Crippen molar-refractivity contribution in [1.82, 2.24) is 5.32 Å². The minimum Gasteiger partial charge on any atom is -0.444 e. The van der Waals surface area contributed by atoms with Crippen LogP contribution < -0.4 is 10.6 Å². The molecule has 0 unspecified atom stereocenters.